The lowest BCUT2D eigenvalue weighted by molar-refractivity contribution is -0.00294. The molecule has 0 aromatic carbocycles. The summed E-state index contributed by atoms with van der Waals surface area (Å²) >= 11 is 3.61. The smallest absolute Gasteiger partial charge is 0.409 e. The van der Waals surface area contributed by atoms with E-state index in [0.29, 0.717) is 18.1 Å². The van der Waals surface area contributed by atoms with E-state index in [-0.39, 0.29) is 6.09 Å². The van der Waals surface area contributed by atoms with E-state index in [2.05, 4.69) is 36.8 Å². The van der Waals surface area contributed by atoms with Gasteiger partial charge in [-0.3, -0.25) is 4.90 Å². The van der Waals surface area contributed by atoms with E-state index in [9.17, 15) is 4.79 Å². The van der Waals surface area contributed by atoms with Crippen molar-refractivity contribution in [2.24, 2.45) is 5.41 Å². The predicted molar refractivity (Wildman–Crippen MR) is 104 cm³/mol. The molecule has 1 spiro atoms. The third kappa shape index (κ3) is 3.43. The lowest BCUT2D eigenvalue weighted by atomic mass is 9.78. The van der Waals surface area contributed by atoms with Crippen molar-refractivity contribution in [1.82, 2.24) is 14.8 Å². The fourth-order valence-corrected chi connectivity index (χ4v) is 5.30. The van der Waals surface area contributed by atoms with Gasteiger partial charge < -0.3 is 14.5 Å². The molecule has 0 radical (unpaired) electrons. The quantitative estimate of drug-likeness (QED) is 0.748. The Morgan fingerprint density at radius 3 is 2.81 bits per heavy atom. The van der Waals surface area contributed by atoms with Crippen LogP contribution in [0.4, 0.5) is 10.6 Å². The molecule has 7 heteroatoms. The van der Waals surface area contributed by atoms with Crippen LogP contribution < -0.4 is 4.90 Å². The molecular formula is C19H27BrN4O2. The topological polar surface area (TPSA) is 48.9 Å². The number of ether oxygens (including phenoxy) is 1. The highest BCUT2D eigenvalue weighted by molar-refractivity contribution is 9.10. The number of rotatable bonds is 3. The molecule has 1 atom stereocenters. The van der Waals surface area contributed by atoms with Gasteiger partial charge in [0.2, 0.25) is 0 Å². The van der Waals surface area contributed by atoms with Crippen molar-refractivity contribution >= 4 is 27.8 Å². The average Bonchev–Trinajstić information content (AvgIpc) is 3.07. The van der Waals surface area contributed by atoms with Crippen LogP contribution in [0.25, 0.3) is 0 Å². The zero-order chi connectivity index (χ0) is 18.1. The van der Waals surface area contributed by atoms with E-state index in [1.165, 1.54) is 19.3 Å². The SMILES string of the molecule is CCOC(=O)N1CC2(CCC(N3CCN(c4ncccc4Br)CC3)C2)C1. The molecule has 1 aliphatic carbocycles. The highest BCUT2D eigenvalue weighted by Crippen LogP contribution is 2.47. The number of piperazine rings is 1. The Balaban J connectivity index is 1.28. The van der Waals surface area contributed by atoms with Crippen molar-refractivity contribution in [3.05, 3.63) is 22.8 Å². The summed E-state index contributed by atoms with van der Waals surface area (Å²) in [6.45, 7) is 8.30. The van der Waals surface area contributed by atoms with Crippen molar-refractivity contribution in [3.8, 4) is 0 Å². The van der Waals surface area contributed by atoms with Crippen molar-refractivity contribution in [1.29, 1.82) is 0 Å². The highest BCUT2D eigenvalue weighted by atomic mass is 79.9. The second-order valence-corrected chi connectivity index (χ2v) is 8.64. The van der Waals surface area contributed by atoms with Crippen LogP contribution in [-0.2, 0) is 4.74 Å². The number of carbonyl (C=O) groups excluding carboxylic acids is 1. The van der Waals surface area contributed by atoms with E-state index < -0.39 is 0 Å². The minimum Gasteiger partial charge on any atom is -0.450 e. The molecule has 0 bridgehead atoms. The number of hydrogen-bond donors (Lipinski definition) is 0. The number of hydrogen-bond acceptors (Lipinski definition) is 5. The maximum Gasteiger partial charge on any atom is 0.409 e. The summed E-state index contributed by atoms with van der Waals surface area (Å²) in [6.07, 6.45) is 5.43. The van der Waals surface area contributed by atoms with Crippen LogP contribution in [0.1, 0.15) is 26.2 Å². The van der Waals surface area contributed by atoms with Gasteiger partial charge in [-0.05, 0) is 54.2 Å². The number of halogens is 1. The minimum atomic E-state index is -0.142. The molecule has 3 heterocycles. The Kier molecular flexibility index (Phi) is 5.10. The number of likely N-dealkylation sites (tertiary alicyclic amines) is 1. The van der Waals surface area contributed by atoms with Crippen LogP contribution in [0, 0.1) is 5.41 Å². The lowest BCUT2D eigenvalue weighted by Crippen LogP contribution is -2.58. The lowest BCUT2D eigenvalue weighted by Gasteiger charge is -2.48. The van der Waals surface area contributed by atoms with Gasteiger partial charge in [-0.1, -0.05) is 0 Å². The average molecular weight is 423 g/mol. The Labute approximate surface area is 163 Å². The van der Waals surface area contributed by atoms with Crippen molar-refractivity contribution in [2.45, 2.75) is 32.2 Å². The first-order valence-corrected chi connectivity index (χ1v) is 10.4. The Bertz CT molecular complexity index is 657. The Hall–Kier alpha value is -1.34. The first kappa shape index (κ1) is 18.0. The van der Waals surface area contributed by atoms with Crippen LogP contribution in [0.5, 0.6) is 0 Å². The van der Waals surface area contributed by atoms with Crippen LogP contribution in [0.15, 0.2) is 22.8 Å². The van der Waals surface area contributed by atoms with Gasteiger partial charge in [0.05, 0.1) is 11.1 Å². The van der Waals surface area contributed by atoms with Crippen LogP contribution >= 0.6 is 15.9 Å². The molecule has 1 amide bonds. The maximum absolute atomic E-state index is 11.8. The molecule has 0 N–H and O–H groups in total. The van der Waals surface area contributed by atoms with Gasteiger partial charge in [-0.2, -0.15) is 0 Å². The van der Waals surface area contributed by atoms with Gasteiger partial charge in [0, 0.05) is 56.9 Å². The van der Waals surface area contributed by atoms with Crippen molar-refractivity contribution in [3.63, 3.8) is 0 Å². The van der Waals surface area contributed by atoms with Crippen LogP contribution in [0.3, 0.4) is 0 Å². The standard InChI is InChI=1S/C19H27BrN4O2/c1-2-26-18(25)24-13-19(14-24)6-5-15(12-19)22-8-10-23(11-9-22)17-16(20)4-3-7-21-17/h3-4,7,15H,2,5-6,8-14H2,1H3. The molecular weight excluding hydrogens is 396 g/mol. The largest absolute Gasteiger partial charge is 0.450 e. The molecule has 4 rings (SSSR count). The van der Waals surface area contributed by atoms with Gasteiger partial charge in [0.25, 0.3) is 0 Å². The number of pyridine rings is 1. The molecule has 1 aromatic rings. The zero-order valence-corrected chi connectivity index (χ0v) is 16.9. The van der Waals surface area contributed by atoms with E-state index in [0.717, 1.165) is 49.6 Å². The molecule has 1 unspecified atom stereocenters. The van der Waals surface area contributed by atoms with E-state index in [4.69, 9.17) is 4.74 Å². The monoisotopic (exact) mass is 422 g/mol. The number of nitrogens with zero attached hydrogens (tertiary/aromatic N) is 4. The summed E-state index contributed by atoms with van der Waals surface area (Å²) in [7, 11) is 0. The summed E-state index contributed by atoms with van der Waals surface area (Å²) in [5.74, 6) is 1.05. The molecule has 6 nitrogen and oxygen atoms in total. The highest BCUT2D eigenvalue weighted by Gasteiger charge is 2.51. The summed E-state index contributed by atoms with van der Waals surface area (Å²) in [5.41, 5.74) is 0.346. The van der Waals surface area contributed by atoms with Crippen molar-refractivity contribution < 1.29 is 9.53 Å². The van der Waals surface area contributed by atoms with Gasteiger partial charge >= 0.3 is 6.09 Å². The predicted octanol–water partition coefficient (Wildman–Crippen LogP) is 2.98. The molecule has 1 aromatic heterocycles. The Morgan fingerprint density at radius 1 is 1.35 bits per heavy atom. The molecule has 142 valence electrons. The minimum absolute atomic E-state index is 0.142. The second kappa shape index (κ2) is 7.35. The summed E-state index contributed by atoms with van der Waals surface area (Å²) in [5, 5.41) is 0. The summed E-state index contributed by atoms with van der Waals surface area (Å²) < 4.78 is 6.19. The van der Waals surface area contributed by atoms with Gasteiger partial charge in [-0.15, -0.1) is 0 Å². The molecule has 2 saturated heterocycles. The molecule has 3 aliphatic rings. The number of anilines is 1. The second-order valence-electron chi connectivity index (χ2n) is 7.78. The summed E-state index contributed by atoms with van der Waals surface area (Å²) in [4.78, 5) is 23.2. The summed E-state index contributed by atoms with van der Waals surface area (Å²) in [6, 6.07) is 4.68. The van der Waals surface area contributed by atoms with Crippen LogP contribution in [-0.4, -0.2) is 72.8 Å². The van der Waals surface area contributed by atoms with Gasteiger partial charge in [0.15, 0.2) is 0 Å². The first-order chi connectivity index (χ1) is 12.6. The third-order valence-electron chi connectivity index (χ3n) is 6.12. The number of carbonyl (C=O) groups is 1. The van der Waals surface area contributed by atoms with Crippen molar-refractivity contribution in [2.75, 3.05) is 50.8 Å². The first-order valence-electron chi connectivity index (χ1n) is 9.61. The maximum atomic E-state index is 11.8. The molecule has 1 saturated carbocycles. The van der Waals surface area contributed by atoms with E-state index >= 15 is 0 Å². The van der Waals surface area contributed by atoms with Crippen LogP contribution in [0.2, 0.25) is 0 Å². The number of amides is 1. The fraction of sp³-hybridized carbons (Fsp3) is 0.684. The molecule has 26 heavy (non-hydrogen) atoms. The van der Waals surface area contributed by atoms with Gasteiger partial charge in [0.1, 0.15) is 5.82 Å². The van der Waals surface area contributed by atoms with Gasteiger partial charge in [-0.25, -0.2) is 9.78 Å². The fourth-order valence-electron chi connectivity index (χ4n) is 4.79. The zero-order valence-electron chi connectivity index (χ0n) is 15.4. The molecule has 3 fully saturated rings. The third-order valence-corrected chi connectivity index (χ3v) is 6.74. The van der Waals surface area contributed by atoms with E-state index in [1.807, 2.05) is 24.1 Å². The van der Waals surface area contributed by atoms with E-state index in [1.54, 1.807) is 0 Å². The number of aromatic nitrogens is 1. The normalized spacial score (nSPS) is 25.4. The Morgan fingerprint density at radius 2 is 2.12 bits per heavy atom. The molecule has 2 aliphatic heterocycles.